The van der Waals surface area contributed by atoms with Gasteiger partial charge in [0.1, 0.15) is 5.76 Å². The third-order valence-electron chi connectivity index (χ3n) is 2.86. The van der Waals surface area contributed by atoms with Gasteiger partial charge < -0.3 is 10.3 Å². The molecule has 92 valence electrons. The molecule has 0 saturated carbocycles. The molecule has 0 aliphatic carbocycles. The van der Waals surface area contributed by atoms with Crippen LogP contribution in [-0.2, 0) is 13.0 Å². The van der Waals surface area contributed by atoms with Gasteiger partial charge in [0.2, 0.25) is 0 Å². The molecule has 2 rings (SSSR count). The lowest BCUT2D eigenvalue weighted by atomic mass is 10.2. The predicted molar refractivity (Wildman–Crippen MR) is 64.7 cm³/mol. The molecule has 2 N–H and O–H groups in total. The van der Waals surface area contributed by atoms with Gasteiger partial charge in [-0.2, -0.15) is 5.10 Å². The lowest BCUT2D eigenvalue weighted by Gasteiger charge is -2.00. The van der Waals surface area contributed by atoms with Gasteiger partial charge in [0.15, 0.2) is 0 Å². The Labute approximate surface area is 101 Å². The van der Waals surface area contributed by atoms with E-state index in [-0.39, 0.29) is 0 Å². The number of rotatable bonds is 5. The van der Waals surface area contributed by atoms with Crippen LogP contribution in [-0.4, -0.2) is 21.5 Å². The van der Waals surface area contributed by atoms with E-state index >= 15 is 0 Å². The molecule has 0 amide bonds. The van der Waals surface area contributed by atoms with E-state index in [1.807, 2.05) is 24.7 Å². The molecule has 0 aromatic carbocycles. The highest BCUT2D eigenvalue weighted by atomic mass is 16.5. The Hall–Kier alpha value is -1.62. The zero-order chi connectivity index (χ0) is 12.3. The first-order valence-electron chi connectivity index (χ1n) is 5.84. The van der Waals surface area contributed by atoms with Gasteiger partial charge in [-0.25, -0.2) is 0 Å². The number of nitrogens with zero attached hydrogens (tertiary/aromatic N) is 3. The van der Waals surface area contributed by atoms with Crippen LogP contribution in [0.3, 0.4) is 0 Å². The summed E-state index contributed by atoms with van der Waals surface area (Å²) in [6, 6.07) is 0. The quantitative estimate of drug-likeness (QED) is 0.849. The molecule has 2 aromatic rings. The molecule has 5 heteroatoms. The molecule has 0 spiro atoms. The summed E-state index contributed by atoms with van der Waals surface area (Å²) in [6.45, 7) is 5.30. The fourth-order valence-electron chi connectivity index (χ4n) is 1.82. The second-order valence-corrected chi connectivity index (χ2v) is 4.24. The van der Waals surface area contributed by atoms with Crippen molar-refractivity contribution in [2.75, 3.05) is 6.54 Å². The smallest absolute Gasteiger partial charge is 0.138 e. The van der Waals surface area contributed by atoms with Crippen LogP contribution in [0.4, 0.5) is 0 Å². The van der Waals surface area contributed by atoms with Gasteiger partial charge in [-0.1, -0.05) is 5.16 Å². The minimum absolute atomic E-state index is 0.712. The van der Waals surface area contributed by atoms with E-state index in [4.69, 9.17) is 10.3 Å². The molecule has 0 aliphatic heterocycles. The largest absolute Gasteiger partial charge is 0.361 e. The van der Waals surface area contributed by atoms with E-state index in [1.165, 1.54) is 5.56 Å². The van der Waals surface area contributed by atoms with Gasteiger partial charge in [-0.15, -0.1) is 0 Å². The maximum absolute atomic E-state index is 5.48. The summed E-state index contributed by atoms with van der Waals surface area (Å²) in [5.41, 5.74) is 8.75. The fraction of sp³-hybridized carbons (Fsp3) is 0.500. The highest BCUT2D eigenvalue weighted by molar-refractivity contribution is 5.21. The first-order valence-corrected chi connectivity index (χ1v) is 5.84. The van der Waals surface area contributed by atoms with Crippen molar-refractivity contribution in [1.29, 1.82) is 0 Å². The molecule has 0 aliphatic rings. The first-order chi connectivity index (χ1) is 8.20. The van der Waals surface area contributed by atoms with Gasteiger partial charge in [-0.05, 0) is 38.8 Å². The third-order valence-corrected chi connectivity index (χ3v) is 2.86. The molecule has 0 fully saturated rings. The summed E-state index contributed by atoms with van der Waals surface area (Å²) in [5.74, 6) is 0.863. The van der Waals surface area contributed by atoms with E-state index in [1.54, 1.807) is 0 Å². The van der Waals surface area contributed by atoms with Crippen molar-refractivity contribution in [1.82, 2.24) is 14.9 Å². The van der Waals surface area contributed by atoms with Crippen LogP contribution in [0.15, 0.2) is 16.9 Å². The Morgan fingerprint density at radius 2 is 2.24 bits per heavy atom. The second-order valence-electron chi connectivity index (χ2n) is 4.24. The molecule has 0 bridgehead atoms. The van der Waals surface area contributed by atoms with Crippen molar-refractivity contribution in [2.24, 2.45) is 5.73 Å². The van der Waals surface area contributed by atoms with Crippen LogP contribution in [0.1, 0.15) is 29.0 Å². The molecule has 0 radical (unpaired) electrons. The van der Waals surface area contributed by atoms with Gasteiger partial charge in [0, 0.05) is 11.8 Å². The van der Waals surface area contributed by atoms with E-state index in [0.717, 1.165) is 36.4 Å². The Balaban J connectivity index is 2.06. The van der Waals surface area contributed by atoms with Crippen molar-refractivity contribution < 1.29 is 4.52 Å². The molecule has 2 aromatic heterocycles. The molecule has 0 atom stereocenters. The molecule has 17 heavy (non-hydrogen) atoms. The maximum Gasteiger partial charge on any atom is 0.138 e. The maximum atomic E-state index is 5.48. The second kappa shape index (κ2) is 5.14. The summed E-state index contributed by atoms with van der Waals surface area (Å²) in [5, 5.41) is 8.27. The first kappa shape index (κ1) is 11.9. The molecule has 5 nitrogen and oxygen atoms in total. The minimum atomic E-state index is 0.712. The van der Waals surface area contributed by atoms with Crippen LogP contribution < -0.4 is 5.73 Å². The van der Waals surface area contributed by atoms with Crippen molar-refractivity contribution in [2.45, 2.75) is 33.2 Å². The van der Waals surface area contributed by atoms with Gasteiger partial charge >= 0.3 is 0 Å². The van der Waals surface area contributed by atoms with Crippen LogP contribution in [0.25, 0.3) is 0 Å². The molecular formula is C12H18N4O. The van der Waals surface area contributed by atoms with Crippen molar-refractivity contribution in [3.8, 4) is 0 Å². The Kier molecular flexibility index (Phi) is 3.58. The summed E-state index contributed by atoms with van der Waals surface area (Å²) in [7, 11) is 0. The lowest BCUT2D eigenvalue weighted by molar-refractivity contribution is 0.391. The third kappa shape index (κ3) is 2.74. The topological polar surface area (TPSA) is 69.9 Å². The summed E-state index contributed by atoms with van der Waals surface area (Å²) in [6.07, 6.45) is 5.94. The average molecular weight is 234 g/mol. The molecule has 0 unspecified atom stereocenters. The Morgan fingerprint density at radius 3 is 2.88 bits per heavy atom. The van der Waals surface area contributed by atoms with Gasteiger partial charge in [0.25, 0.3) is 0 Å². The molecule has 0 saturated heterocycles. The van der Waals surface area contributed by atoms with Crippen LogP contribution >= 0.6 is 0 Å². The minimum Gasteiger partial charge on any atom is -0.361 e. The Morgan fingerprint density at radius 1 is 1.41 bits per heavy atom. The number of hydrogen-bond acceptors (Lipinski definition) is 4. The van der Waals surface area contributed by atoms with E-state index in [2.05, 4.69) is 16.5 Å². The number of aromatic nitrogens is 3. The van der Waals surface area contributed by atoms with Crippen molar-refractivity contribution >= 4 is 0 Å². The standard InChI is InChI=1S/C12H18N4O/c1-9-12(10(2)17-15-9)8-16-7-11(6-14-16)4-3-5-13/h6-7H,3-5,8,13H2,1-2H3. The van der Waals surface area contributed by atoms with Crippen LogP contribution in [0, 0.1) is 13.8 Å². The number of nitrogens with two attached hydrogens (primary N) is 1. The average Bonchev–Trinajstić information content (AvgIpc) is 2.88. The van der Waals surface area contributed by atoms with E-state index in [0.29, 0.717) is 6.54 Å². The normalized spacial score (nSPS) is 11.0. The van der Waals surface area contributed by atoms with Crippen molar-refractivity contribution in [3.63, 3.8) is 0 Å². The van der Waals surface area contributed by atoms with Gasteiger partial charge in [0.05, 0.1) is 18.4 Å². The highest BCUT2D eigenvalue weighted by Crippen LogP contribution is 2.14. The highest BCUT2D eigenvalue weighted by Gasteiger charge is 2.10. The van der Waals surface area contributed by atoms with E-state index in [9.17, 15) is 0 Å². The van der Waals surface area contributed by atoms with Crippen LogP contribution in [0.5, 0.6) is 0 Å². The van der Waals surface area contributed by atoms with Crippen LogP contribution in [0.2, 0.25) is 0 Å². The predicted octanol–water partition coefficient (Wildman–Crippen LogP) is 1.43. The number of hydrogen-bond donors (Lipinski definition) is 1. The Bertz CT molecular complexity index is 467. The zero-order valence-corrected chi connectivity index (χ0v) is 10.3. The number of aryl methyl sites for hydroxylation is 3. The summed E-state index contributed by atoms with van der Waals surface area (Å²) >= 11 is 0. The van der Waals surface area contributed by atoms with Crippen molar-refractivity contribution in [3.05, 3.63) is 35.0 Å². The molecule has 2 heterocycles. The molecular weight excluding hydrogens is 216 g/mol. The lowest BCUT2D eigenvalue weighted by Crippen LogP contribution is -2.02. The SMILES string of the molecule is Cc1noc(C)c1Cn1cc(CCCN)cn1. The summed E-state index contributed by atoms with van der Waals surface area (Å²) in [4.78, 5) is 0. The zero-order valence-electron chi connectivity index (χ0n) is 10.3. The van der Waals surface area contributed by atoms with Gasteiger partial charge in [-0.3, -0.25) is 4.68 Å². The fourth-order valence-corrected chi connectivity index (χ4v) is 1.82. The summed E-state index contributed by atoms with van der Waals surface area (Å²) < 4.78 is 7.05. The monoisotopic (exact) mass is 234 g/mol. The van der Waals surface area contributed by atoms with E-state index < -0.39 is 0 Å².